The van der Waals surface area contributed by atoms with E-state index in [1.807, 2.05) is 6.92 Å². The summed E-state index contributed by atoms with van der Waals surface area (Å²) in [6.07, 6.45) is -2.25. The number of carbonyl (C=O) groups excluding carboxylic acids is 1. The van der Waals surface area contributed by atoms with Crippen molar-refractivity contribution in [2.45, 2.75) is 26.1 Å². The Morgan fingerprint density at radius 1 is 1.38 bits per heavy atom. The third-order valence-electron chi connectivity index (χ3n) is 2.90. The van der Waals surface area contributed by atoms with Gasteiger partial charge in [-0.1, -0.05) is 19.1 Å². The SMILES string of the molecule is CCCn1ncc(Br)c1C(=O)c1cccc(C(F)(F)F)c1. The minimum Gasteiger partial charge on any atom is -0.287 e. The van der Waals surface area contributed by atoms with Gasteiger partial charge in [-0.3, -0.25) is 9.48 Å². The van der Waals surface area contributed by atoms with Crippen LogP contribution in [0.15, 0.2) is 34.9 Å². The van der Waals surface area contributed by atoms with Crippen LogP contribution in [0.4, 0.5) is 13.2 Å². The number of benzene rings is 1. The lowest BCUT2D eigenvalue weighted by atomic mass is 10.0. The van der Waals surface area contributed by atoms with Crippen molar-refractivity contribution in [1.29, 1.82) is 0 Å². The molecule has 0 aliphatic carbocycles. The van der Waals surface area contributed by atoms with E-state index in [-0.39, 0.29) is 11.3 Å². The molecule has 0 saturated heterocycles. The zero-order valence-electron chi connectivity index (χ0n) is 11.1. The molecule has 0 aliphatic rings. The fourth-order valence-electron chi connectivity index (χ4n) is 1.94. The summed E-state index contributed by atoms with van der Waals surface area (Å²) < 4.78 is 40.1. The minimum absolute atomic E-state index is 0.0108. The van der Waals surface area contributed by atoms with E-state index >= 15 is 0 Å². The minimum atomic E-state index is -4.48. The molecule has 0 N–H and O–H groups in total. The molecular weight excluding hydrogens is 349 g/mol. The molecular formula is C14H12BrF3N2O. The van der Waals surface area contributed by atoms with Crippen LogP contribution in [0.5, 0.6) is 0 Å². The first-order chi connectivity index (χ1) is 9.84. The largest absolute Gasteiger partial charge is 0.416 e. The van der Waals surface area contributed by atoms with Crippen LogP contribution in [0, 0.1) is 0 Å². The van der Waals surface area contributed by atoms with E-state index in [1.165, 1.54) is 23.0 Å². The molecule has 0 saturated carbocycles. The first kappa shape index (κ1) is 15.8. The molecule has 2 rings (SSSR count). The molecule has 0 radical (unpaired) electrons. The predicted octanol–water partition coefficient (Wildman–Crippen LogP) is 4.31. The zero-order chi connectivity index (χ0) is 15.6. The zero-order valence-corrected chi connectivity index (χ0v) is 12.7. The summed E-state index contributed by atoms with van der Waals surface area (Å²) in [5.41, 5.74) is -0.592. The van der Waals surface area contributed by atoms with Gasteiger partial charge in [0, 0.05) is 12.1 Å². The van der Waals surface area contributed by atoms with E-state index in [2.05, 4.69) is 21.0 Å². The molecule has 21 heavy (non-hydrogen) atoms. The van der Waals surface area contributed by atoms with Crippen molar-refractivity contribution < 1.29 is 18.0 Å². The molecule has 1 aromatic carbocycles. The second kappa shape index (κ2) is 6.01. The highest BCUT2D eigenvalue weighted by molar-refractivity contribution is 9.10. The summed E-state index contributed by atoms with van der Waals surface area (Å²) in [5.74, 6) is -0.487. The molecule has 0 amide bonds. The summed E-state index contributed by atoms with van der Waals surface area (Å²) in [7, 11) is 0. The number of alkyl halides is 3. The van der Waals surface area contributed by atoms with Gasteiger partial charge in [-0.15, -0.1) is 0 Å². The van der Waals surface area contributed by atoms with Gasteiger partial charge in [-0.25, -0.2) is 0 Å². The topological polar surface area (TPSA) is 34.9 Å². The maximum absolute atomic E-state index is 12.7. The van der Waals surface area contributed by atoms with E-state index in [9.17, 15) is 18.0 Å². The van der Waals surface area contributed by atoms with Crippen LogP contribution in [0.2, 0.25) is 0 Å². The number of carbonyl (C=O) groups is 1. The van der Waals surface area contributed by atoms with E-state index in [4.69, 9.17) is 0 Å². The van der Waals surface area contributed by atoms with Crippen molar-refractivity contribution >= 4 is 21.7 Å². The second-order valence-corrected chi connectivity index (χ2v) is 5.33. The average molecular weight is 361 g/mol. The molecule has 7 heteroatoms. The number of nitrogens with zero attached hydrogens (tertiary/aromatic N) is 2. The highest BCUT2D eigenvalue weighted by Gasteiger charge is 2.31. The Balaban J connectivity index is 2.43. The van der Waals surface area contributed by atoms with Crippen molar-refractivity contribution in [3.05, 3.63) is 51.8 Å². The molecule has 1 aromatic heterocycles. The molecule has 3 nitrogen and oxygen atoms in total. The molecule has 112 valence electrons. The van der Waals surface area contributed by atoms with Crippen molar-refractivity contribution in [2.24, 2.45) is 0 Å². The molecule has 0 spiro atoms. The molecule has 0 atom stereocenters. The molecule has 0 bridgehead atoms. The van der Waals surface area contributed by atoms with E-state index in [1.54, 1.807) is 0 Å². The lowest BCUT2D eigenvalue weighted by molar-refractivity contribution is -0.137. The summed E-state index contributed by atoms with van der Waals surface area (Å²) in [6, 6.07) is 4.39. The standard InChI is InChI=1S/C14H12BrF3N2O/c1-2-6-20-12(11(15)8-19-20)13(21)9-4-3-5-10(7-9)14(16,17)18/h3-5,7-8H,2,6H2,1H3. The van der Waals surface area contributed by atoms with Gasteiger partial charge in [0.2, 0.25) is 5.78 Å². The van der Waals surface area contributed by atoms with Crippen molar-refractivity contribution in [3.63, 3.8) is 0 Å². The van der Waals surface area contributed by atoms with E-state index in [0.717, 1.165) is 18.6 Å². The van der Waals surface area contributed by atoms with Crippen LogP contribution in [0.3, 0.4) is 0 Å². The van der Waals surface area contributed by atoms with E-state index in [0.29, 0.717) is 11.0 Å². The van der Waals surface area contributed by atoms with Crippen molar-refractivity contribution in [2.75, 3.05) is 0 Å². The quantitative estimate of drug-likeness (QED) is 0.761. The van der Waals surface area contributed by atoms with Gasteiger partial charge in [0.25, 0.3) is 0 Å². The molecule has 1 heterocycles. The Bertz CT molecular complexity index is 664. The molecule has 2 aromatic rings. The van der Waals surface area contributed by atoms with Gasteiger partial charge in [0.15, 0.2) is 0 Å². The van der Waals surface area contributed by atoms with Gasteiger partial charge < -0.3 is 0 Å². The Morgan fingerprint density at radius 2 is 2.10 bits per heavy atom. The maximum Gasteiger partial charge on any atom is 0.416 e. The molecule has 0 unspecified atom stereocenters. The van der Waals surface area contributed by atoms with Crippen LogP contribution in [0.25, 0.3) is 0 Å². The number of hydrogen-bond acceptors (Lipinski definition) is 2. The monoisotopic (exact) mass is 360 g/mol. The van der Waals surface area contributed by atoms with Crippen LogP contribution >= 0.6 is 15.9 Å². The number of aryl methyl sites for hydroxylation is 1. The van der Waals surface area contributed by atoms with Crippen LogP contribution in [-0.4, -0.2) is 15.6 Å². The van der Waals surface area contributed by atoms with Crippen molar-refractivity contribution in [1.82, 2.24) is 9.78 Å². The first-order valence-corrected chi connectivity index (χ1v) is 7.07. The summed E-state index contributed by atoms with van der Waals surface area (Å²) in [6.45, 7) is 2.44. The molecule has 0 fully saturated rings. The molecule has 0 aliphatic heterocycles. The van der Waals surface area contributed by atoms with Gasteiger partial charge in [0.05, 0.1) is 16.2 Å². The Hall–Kier alpha value is -1.63. The fourth-order valence-corrected chi connectivity index (χ4v) is 2.42. The normalized spacial score (nSPS) is 11.7. The van der Waals surface area contributed by atoms with Crippen molar-refractivity contribution in [3.8, 4) is 0 Å². The van der Waals surface area contributed by atoms with Gasteiger partial charge in [-0.2, -0.15) is 18.3 Å². The van der Waals surface area contributed by atoms with Gasteiger partial charge in [0.1, 0.15) is 5.69 Å². The fraction of sp³-hybridized carbons (Fsp3) is 0.286. The number of hydrogen-bond donors (Lipinski definition) is 0. The second-order valence-electron chi connectivity index (χ2n) is 4.47. The Morgan fingerprint density at radius 3 is 2.71 bits per heavy atom. The van der Waals surface area contributed by atoms with Gasteiger partial charge >= 0.3 is 6.18 Å². The third kappa shape index (κ3) is 3.34. The predicted molar refractivity (Wildman–Crippen MR) is 75.1 cm³/mol. The number of ketones is 1. The first-order valence-electron chi connectivity index (χ1n) is 6.28. The number of halogens is 4. The Kier molecular flexibility index (Phi) is 4.51. The number of rotatable bonds is 4. The third-order valence-corrected chi connectivity index (χ3v) is 3.48. The lowest BCUT2D eigenvalue weighted by Gasteiger charge is -2.09. The summed E-state index contributed by atoms with van der Waals surface area (Å²) in [4.78, 5) is 12.4. The smallest absolute Gasteiger partial charge is 0.287 e. The number of aromatic nitrogens is 2. The van der Waals surface area contributed by atoms with E-state index < -0.39 is 17.5 Å². The summed E-state index contributed by atoms with van der Waals surface area (Å²) >= 11 is 3.22. The van der Waals surface area contributed by atoms with Gasteiger partial charge in [-0.05, 0) is 34.5 Å². The highest BCUT2D eigenvalue weighted by atomic mass is 79.9. The average Bonchev–Trinajstić information content (AvgIpc) is 2.79. The highest BCUT2D eigenvalue weighted by Crippen LogP contribution is 2.30. The summed E-state index contributed by atoms with van der Waals surface area (Å²) in [5, 5.41) is 4.05. The Labute approximate surface area is 127 Å². The lowest BCUT2D eigenvalue weighted by Crippen LogP contribution is -2.13. The van der Waals surface area contributed by atoms with Crippen LogP contribution < -0.4 is 0 Å². The van der Waals surface area contributed by atoms with Crippen LogP contribution in [0.1, 0.15) is 35.0 Å². The maximum atomic E-state index is 12.7. The van der Waals surface area contributed by atoms with Crippen LogP contribution in [-0.2, 0) is 12.7 Å².